The molecular formula is C26H36N2O3S. The van der Waals surface area contributed by atoms with Gasteiger partial charge in [-0.15, -0.1) is 11.3 Å². The van der Waals surface area contributed by atoms with Crippen molar-refractivity contribution in [3.05, 3.63) is 34.0 Å². The maximum absolute atomic E-state index is 12.0. The van der Waals surface area contributed by atoms with Crippen LogP contribution in [0.4, 0.5) is 0 Å². The number of amides is 1. The lowest BCUT2D eigenvalue weighted by Gasteiger charge is -2.57. The van der Waals surface area contributed by atoms with Crippen LogP contribution in [0.2, 0.25) is 0 Å². The first-order valence-electron chi connectivity index (χ1n) is 12.3. The SMILES string of the molecule is C[C@]12CC[C@H]3[C@H](CCC4=CC(=NOCC(=O)NCc5cccs5)CC[C@@]43C)[C@@H]1CC[C@H]2O. The molecular weight excluding hydrogens is 420 g/mol. The molecule has 0 spiro atoms. The van der Waals surface area contributed by atoms with Crippen LogP contribution in [0.1, 0.15) is 70.1 Å². The van der Waals surface area contributed by atoms with Crippen molar-refractivity contribution in [3.63, 3.8) is 0 Å². The van der Waals surface area contributed by atoms with E-state index in [2.05, 4.69) is 30.4 Å². The zero-order chi connectivity index (χ0) is 22.3. The average Bonchev–Trinajstić information content (AvgIpc) is 3.40. The van der Waals surface area contributed by atoms with Crippen LogP contribution in [0.3, 0.4) is 0 Å². The Hall–Kier alpha value is -1.66. The molecule has 4 aliphatic carbocycles. The minimum atomic E-state index is -0.138. The number of carbonyl (C=O) groups is 1. The van der Waals surface area contributed by atoms with Crippen molar-refractivity contribution >= 4 is 23.0 Å². The second-order valence-electron chi connectivity index (χ2n) is 10.9. The number of thiophene rings is 1. The van der Waals surface area contributed by atoms with E-state index in [1.165, 1.54) is 24.8 Å². The summed E-state index contributed by atoms with van der Waals surface area (Å²) in [7, 11) is 0. The van der Waals surface area contributed by atoms with E-state index in [0.29, 0.717) is 12.5 Å². The zero-order valence-corrected chi connectivity index (χ0v) is 20.1. The number of oxime groups is 1. The molecule has 1 aromatic heterocycles. The molecule has 3 saturated carbocycles. The van der Waals surface area contributed by atoms with Gasteiger partial charge in [0.05, 0.1) is 18.4 Å². The average molecular weight is 457 g/mol. The Balaban J connectivity index is 1.20. The van der Waals surface area contributed by atoms with E-state index in [4.69, 9.17) is 4.84 Å². The molecule has 3 fully saturated rings. The summed E-state index contributed by atoms with van der Waals surface area (Å²) >= 11 is 1.63. The van der Waals surface area contributed by atoms with Gasteiger partial charge in [-0.1, -0.05) is 30.6 Å². The predicted octanol–water partition coefficient (Wildman–Crippen LogP) is 5.06. The van der Waals surface area contributed by atoms with E-state index in [-0.39, 0.29) is 29.4 Å². The number of allylic oxidation sites excluding steroid dienone is 2. The topological polar surface area (TPSA) is 70.9 Å². The van der Waals surface area contributed by atoms with Gasteiger partial charge >= 0.3 is 0 Å². The fraction of sp³-hybridized carbons (Fsp3) is 0.692. The van der Waals surface area contributed by atoms with Crippen molar-refractivity contribution in [1.29, 1.82) is 0 Å². The number of rotatable bonds is 5. The summed E-state index contributed by atoms with van der Waals surface area (Å²) < 4.78 is 0. The third kappa shape index (κ3) is 3.83. The summed E-state index contributed by atoms with van der Waals surface area (Å²) in [6, 6.07) is 3.99. The highest BCUT2D eigenvalue weighted by Gasteiger charge is 2.58. The molecule has 5 nitrogen and oxygen atoms in total. The number of nitrogens with one attached hydrogen (secondary N) is 1. The van der Waals surface area contributed by atoms with Crippen molar-refractivity contribution < 1.29 is 14.7 Å². The lowest BCUT2D eigenvalue weighted by Crippen LogP contribution is -2.51. The van der Waals surface area contributed by atoms with E-state index in [0.717, 1.165) is 54.5 Å². The molecule has 0 aliphatic heterocycles. The van der Waals surface area contributed by atoms with Crippen molar-refractivity contribution in [1.82, 2.24) is 5.32 Å². The number of carbonyl (C=O) groups excluding carboxylic acids is 1. The lowest BCUT2D eigenvalue weighted by atomic mass is 9.47. The quantitative estimate of drug-likeness (QED) is 0.609. The molecule has 1 amide bonds. The smallest absolute Gasteiger partial charge is 0.261 e. The van der Waals surface area contributed by atoms with Crippen LogP contribution in [-0.2, 0) is 16.2 Å². The zero-order valence-electron chi connectivity index (χ0n) is 19.3. The highest BCUT2D eigenvalue weighted by molar-refractivity contribution is 7.09. The fourth-order valence-corrected chi connectivity index (χ4v) is 8.08. The normalized spacial score (nSPS) is 39.6. The Morgan fingerprint density at radius 2 is 2.09 bits per heavy atom. The van der Waals surface area contributed by atoms with Gasteiger partial charge in [0, 0.05) is 4.88 Å². The van der Waals surface area contributed by atoms with Crippen LogP contribution < -0.4 is 5.32 Å². The van der Waals surface area contributed by atoms with Gasteiger partial charge in [0.15, 0.2) is 6.61 Å². The molecule has 6 atom stereocenters. The van der Waals surface area contributed by atoms with Crippen LogP contribution >= 0.6 is 11.3 Å². The largest absolute Gasteiger partial charge is 0.393 e. The molecule has 0 saturated heterocycles. The van der Waals surface area contributed by atoms with E-state index in [9.17, 15) is 9.90 Å². The van der Waals surface area contributed by atoms with Gasteiger partial charge in [0.1, 0.15) is 0 Å². The summed E-state index contributed by atoms with van der Waals surface area (Å²) in [5.41, 5.74) is 2.88. The third-order valence-electron chi connectivity index (χ3n) is 9.34. The molecule has 174 valence electrons. The summed E-state index contributed by atoms with van der Waals surface area (Å²) in [6.45, 7) is 5.32. The van der Waals surface area contributed by atoms with Gasteiger partial charge in [0.25, 0.3) is 5.91 Å². The summed E-state index contributed by atoms with van der Waals surface area (Å²) in [5.74, 6) is 2.01. The second-order valence-corrected chi connectivity index (χ2v) is 11.9. The summed E-state index contributed by atoms with van der Waals surface area (Å²) in [5, 5.41) is 19.8. The van der Waals surface area contributed by atoms with Crippen LogP contribution in [0.5, 0.6) is 0 Å². The van der Waals surface area contributed by atoms with Gasteiger partial charge in [0.2, 0.25) is 0 Å². The molecule has 1 heterocycles. The fourth-order valence-electron chi connectivity index (χ4n) is 7.44. The molecule has 0 bridgehead atoms. The van der Waals surface area contributed by atoms with E-state index >= 15 is 0 Å². The van der Waals surface area contributed by atoms with Crippen LogP contribution in [0.15, 0.2) is 34.3 Å². The van der Waals surface area contributed by atoms with Crippen LogP contribution in [-0.4, -0.2) is 29.4 Å². The van der Waals surface area contributed by atoms with E-state index in [1.807, 2.05) is 17.5 Å². The van der Waals surface area contributed by atoms with Gasteiger partial charge in [-0.3, -0.25) is 4.79 Å². The van der Waals surface area contributed by atoms with E-state index < -0.39 is 0 Å². The molecule has 2 N–H and O–H groups in total. The highest BCUT2D eigenvalue weighted by atomic mass is 32.1. The first-order chi connectivity index (χ1) is 15.4. The molecule has 4 aliphatic rings. The highest BCUT2D eigenvalue weighted by Crippen LogP contribution is 2.65. The first-order valence-corrected chi connectivity index (χ1v) is 13.1. The minimum absolute atomic E-state index is 0.0391. The minimum Gasteiger partial charge on any atom is -0.393 e. The van der Waals surface area contributed by atoms with E-state index in [1.54, 1.807) is 11.3 Å². The van der Waals surface area contributed by atoms with Gasteiger partial charge in [-0.2, -0.15) is 0 Å². The molecule has 6 heteroatoms. The lowest BCUT2D eigenvalue weighted by molar-refractivity contribution is -0.125. The molecule has 0 radical (unpaired) electrons. The Labute approximate surface area is 195 Å². The predicted molar refractivity (Wildman–Crippen MR) is 127 cm³/mol. The first kappa shape index (κ1) is 22.1. The number of nitrogens with zero attached hydrogens (tertiary/aromatic N) is 1. The van der Waals surface area contributed by atoms with Gasteiger partial charge in [-0.25, -0.2) is 0 Å². The number of aliphatic hydroxyl groups is 1. The van der Waals surface area contributed by atoms with Crippen molar-refractivity contribution in [2.24, 2.45) is 33.7 Å². The standard InChI is InChI=1S/C26H36N2O3S/c1-25-11-9-18(28-31-16-24(30)27-15-19-4-3-13-32-19)14-17(25)5-6-20-21-7-8-23(29)26(21,2)12-10-22(20)25/h3-4,13-14,20-23,29H,5-12,15-16H2,1-2H3,(H,27,30)/t20-,21+,22+,23-,25+,26+/m1/s1. The van der Waals surface area contributed by atoms with Gasteiger partial charge < -0.3 is 15.3 Å². The molecule has 0 unspecified atom stereocenters. The summed E-state index contributed by atoms with van der Waals surface area (Å²) in [4.78, 5) is 18.6. The van der Waals surface area contributed by atoms with Crippen molar-refractivity contribution in [2.45, 2.75) is 77.9 Å². The number of hydrogen-bond acceptors (Lipinski definition) is 5. The van der Waals surface area contributed by atoms with Gasteiger partial charge in [-0.05, 0) is 97.5 Å². The number of aliphatic hydroxyl groups excluding tert-OH is 1. The maximum atomic E-state index is 12.0. The molecule has 5 rings (SSSR count). The van der Waals surface area contributed by atoms with Crippen LogP contribution in [0.25, 0.3) is 0 Å². The Morgan fingerprint density at radius 3 is 2.91 bits per heavy atom. The molecule has 1 aromatic rings. The molecule has 32 heavy (non-hydrogen) atoms. The third-order valence-corrected chi connectivity index (χ3v) is 10.2. The maximum Gasteiger partial charge on any atom is 0.261 e. The molecule has 0 aromatic carbocycles. The number of hydrogen-bond donors (Lipinski definition) is 2. The second kappa shape index (κ2) is 8.60. The Kier molecular flexibility index (Phi) is 5.95. The summed E-state index contributed by atoms with van der Waals surface area (Å²) in [6.07, 6.45) is 11.1. The Bertz CT molecular complexity index is 910. The Morgan fingerprint density at radius 1 is 1.22 bits per heavy atom. The monoisotopic (exact) mass is 456 g/mol. The number of fused-ring (bicyclic) bond motifs is 5. The van der Waals surface area contributed by atoms with Crippen LogP contribution in [0, 0.1) is 28.6 Å². The van der Waals surface area contributed by atoms with Crippen molar-refractivity contribution in [2.75, 3.05) is 6.61 Å². The van der Waals surface area contributed by atoms with Crippen molar-refractivity contribution in [3.8, 4) is 0 Å².